The van der Waals surface area contributed by atoms with Crippen LogP contribution in [0, 0.1) is 0 Å². The van der Waals surface area contributed by atoms with Gasteiger partial charge < -0.3 is 25.2 Å². The number of halogens is 1. The molecule has 8 nitrogen and oxygen atoms in total. The first-order valence-electron chi connectivity index (χ1n) is 9.65. The van der Waals surface area contributed by atoms with Gasteiger partial charge in [0.15, 0.2) is 11.7 Å². The number of nitrogens with one attached hydrogen (secondary N) is 3. The topological polar surface area (TPSA) is 101 Å². The average molecular weight is 509 g/mol. The number of hydrogen-bond donors (Lipinski definition) is 3. The fraction of sp³-hybridized carbons (Fsp3) is 0.737. The Morgan fingerprint density at radius 1 is 1.21 bits per heavy atom. The van der Waals surface area contributed by atoms with E-state index in [1.165, 1.54) is 0 Å². The lowest BCUT2D eigenvalue weighted by Crippen LogP contribution is -2.39. The molecule has 0 saturated heterocycles. The van der Waals surface area contributed by atoms with E-state index in [4.69, 9.17) is 9.26 Å². The maximum atomic E-state index is 11.6. The summed E-state index contributed by atoms with van der Waals surface area (Å²) in [6, 6.07) is 2.00. The van der Waals surface area contributed by atoms with Crippen LogP contribution >= 0.6 is 24.0 Å². The van der Waals surface area contributed by atoms with Crippen LogP contribution in [0.4, 0.5) is 4.79 Å². The minimum absolute atomic E-state index is 0. The average Bonchev–Trinajstić information content (AvgIpc) is 3.05. The normalized spacial score (nSPS) is 11.8. The summed E-state index contributed by atoms with van der Waals surface area (Å²) in [5.41, 5.74) is 0.524. The zero-order valence-corrected chi connectivity index (χ0v) is 20.3. The molecule has 0 aliphatic rings. The molecule has 1 rings (SSSR count). The number of hydrogen-bond acceptors (Lipinski definition) is 5. The van der Waals surface area contributed by atoms with E-state index >= 15 is 0 Å². The molecule has 9 heteroatoms. The molecular weight excluding hydrogens is 473 g/mol. The summed E-state index contributed by atoms with van der Waals surface area (Å²) < 4.78 is 10.6. The molecule has 0 fully saturated rings. The van der Waals surface area contributed by atoms with E-state index in [-0.39, 0.29) is 24.0 Å². The summed E-state index contributed by atoms with van der Waals surface area (Å²) in [5.74, 6) is 1.90. The number of alkyl carbamates (subject to hydrolysis) is 1. The van der Waals surface area contributed by atoms with Gasteiger partial charge in [0.1, 0.15) is 5.60 Å². The molecule has 0 aromatic carbocycles. The molecule has 0 saturated carbocycles. The summed E-state index contributed by atoms with van der Waals surface area (Å²) in [4.78, 5) is 15.7. The van der Waals surface area contributed by atoms with E-state index in [0.29, 0.717) is 31.5 Å². The molecule has 0 bridgehead atoms. The number of carbonyl (C=O) groups is 1. The van der Waals surface area contributed by atoms with Crippen molar-refractivity contribution in [2.75, 3.05) is 20.1 Å². The van der Waals surface area contributed by atoms with Gasteiger partial charge in [-0.15, -0.1) is 24.0 Å². The second kappa shape index (κ2) is 13.6. The summed E-state index contributed by atoms with van der Waals surface area (Å²) in [5, 5.41) is 13.3. The number of rotatable bonds is 9. The standard InChI is InChI=1S/C19H35N5O3.HI/c1-7-14(8-2)16-12-15(27-24-16)13-23-17(20-6)21-10-9-11-22-18(25)26-19(3,4)5;/h12,14H,7-11,13H2,1-6H3,(H,22,25)(H2,20,21,23);1H. The molecular formula is C19H36IN5O3. The SMILES string of the molecule is CCC(CC)c1cc(CNC(=NC)NCCCNC(=O)OC(C)(C)C)on1.I. The van der Waals surface area contributed by atoms with E-state index in [2.05, 4.69) is 39.9 Å². The van der Waals surface area contributed by atoms with Crippen LogP contribution < -0.4 is 16.0 Å². The van der Waals surface area contributed by atoms with Crippen molar-refractivity contribution in [2.45, 2.75) is 71.9 Å². The minimum atomic E-state index is -0.483. The first-order chi connectivity index (χ1) is 12.8. The highest BCUT2D eigenvalue weighted by atomic mass is 127. The third-order valence-electron chi connectivity index (χ3n) is 3.95. The number of ether oxygens (including phenoxy) is 1. The third-order valence-corrected chi connectivity index (χ3v) is 3.95. The highest BCUT2D eigenvalue weighted by Crippen LogP contribution is 2.22. The van der Waals surface area contributed by atoms with Crippen LogP contribution in [0.1, 0.15) is 71.3 Å². The van der Waals surface area contributed by atoms with Crippen molar-refractivity contribution >= 4 is 36.0 Å². The fourth-order valence-corrected chi connectivity index (χ4v) is 2.50. The van der Waals surface area contributed by atoms with E-state index in [1.54, 1.807) is 7.05 Å². The Balaban J connectivity index is 0.00000729. The molecule has 0 atom stereocenters. The molecule has 0 aliphatic heterocycles. The molecule has 1 aromatic rings. The van der Waals surface area contributed by atoms with Gasteiger partial charge in [-0.1, -0.05) is 19.0 Å². The van der Waals surface area contributed by atoms with E-state index in [1.807, 2.05) is 26.8 Å². The Kier molecular flexibility index (Phi) is 12.9. The number of carbonyl (C=O) groups excluding carboxylic acids is 1. The number of nitrogens with zero attached hydrogens (tertiary/aromatic N) is 2. The van der Waals surface area contributed by atoms with Gasteiger partial charge in [0.05, 0.1) is 12.2 Å². The van der Waals surface area contributed by atoms with Crippen LogP contribution in [0.25, 0.3) is 0 Å². The Hall–Kier alpha value is -1.52. The highest BCUT2D eigenvalue weighted by molar-refractivity contribution is 14.0. The van der Waals surface area contributed by atoms with Gasteiger partial charge in [-0.2, -0.15) is 0 Å². The maximum absolute atomic E-state index is 11.6. The van der Waals surface area contributed by atoms with Gasteiger partial charge in [-0.25, -0.2) is 4.79 Å². The van der Waals surface area contributed by atoms with Crippen molar-refractivity contribution in [3.05, 3.63) is 17.5 Å². The second-order valence-corrected chi connectivity index (χ2v) is 7.37. The number of amides is 1. The lowest BCUT2D eigenvalue weighted by Gasteiger charge is -2.19. The largest absolute Gasteiger partial charge is 0.444 e. The Morgan fingerprint density at radius 2 is 1.86 bits per heavy atom. The van der Waals surface area contributed by atoms with Crippen LogP contribution in [0.3, 0.4) is 0 Å². The maximum Gasteiger partial charge on any atom is 0.407 e. The van der Waals surface area contributed by atoms with Crippen molar-refractivity contribution < 1.29 is 14.1 Å². The summed E-state index contributed by atoms with van der Waals surface area (Å²) in [6.45, 7) is 11.5. The Labute approximate surface area is 185 Å². The minimum Gasteiger partial charge on any atom is -0.444 e. The molecule has 0 aliphatic carbocycles. The number of aliphatic imine (C=N–C) groups is 1. The zero-order valence-electron chi connectivity index (χ0n) is 17.9. The predicted octanol–water partition coefficient (Wildman–Crippen LogP) is 3.78. The van der Waals surface area contributed by atoms with Crippen LogP contribution in [0.5, 0.6) is 0 Å². The quantitative estimate of drug-likeness (QED) is 0.203. The summed E-state index contributed by atoms with van der Waals surface area (Å²) in [7, 11) is 1.71. The van der Waals surface area contributed by atoms with Crippen molar-refractivity contribution in [3.8, 4) is 0 Å². The van der Waals surface area contributed by atoms with Crippen LogP contribution in [-0.4, -0.2) is 42.9 Å². The van der Waals surface area contributed by atoms with Gasteiger partial charge >= 0.3 is 6.09 Å². The van der Waals surface area contributed by atoms with Crippen LogP contribution in [0.2, 0.25) is 0 Å². The van der Waals surface area contributed by atoms with E-state index in [0.717, 1.165) is 30.7 Å². The zero-order chi connectivity index (χ0) is 20.3. The van der Waals surface area contributed by atoms with Gasteiger partial charge in [-0.3, -0.25) is 4.99 Å². The van der Waals surface area contributed by atoms with Crippen molar-refractivity contribution in [3.63, 3.8) is 0 Å². The number of aromatic nitrogens is 1. The monoisotopic (exact) mass is 509 g/mol. The smallest absolute Gasteiger partial charge is 0.407 e. The molecule has 0 unspecified atom stereocenters. The van der Waals surface area contributed by atoms with Gasteiger partial charge in [0.2, 0.25) is 0 Å². The highest BCUT2D eigenvalue weighted by Gasteiger charge is 2.15. The molecule has 1 aromatic heterocycles. The van der Waals surface area contributed by atoms with Crippen molar-refractivity contribution in [1.82, 2.24) is 21.1 Å². The van der Waals surface area contributed by atoms with Crippen molar-refractivity contribution in [2.24, 2.45) is 4.99 Å². The molecule has 1 heterocycles. The Bertz CT molecular complexity index is 595. The van der Waals surface area contributed by atoms with Crippen LogP contribution in [0.15, 0.2) is 15.6 Å². The first-order valence-corrected chi connectivity index (χ1v) is 9.65. The third kappa shape index (κ3) is 10.7. The number of guanidine groups is 1. The molecule has 1 amide bonds. The second-order valence-electron chi connectivity index (χ2n) is 7.37. The lowest BCUT2D eigenvalue weighted by atomic mass is 9.99. The predicted molar refractivity (Wildman–Crippen MR) is 122 cm³/mol. The van der Waals surface area contributed by atoms with Gasteiger partial charge in [0, 0.05) is 32.1 Å². The fourth-order valence-electron chi connectivity index (χ4n) is 2.50. The first kappa shape index (κ1) is 26.5. The Morgan fingerprint density at radius 3 is 2.43 bits per heavy atom. The van der Waals surface area contributed by atoms with E-state index in [9.17, 15) is 4.79 Å². The molecule has 0 radical (unpaired) electrons. The summed E-state index contributed by atoms with van der Waals surface area (Å²) >= 11 is 0. The van der Waals surface area contributed by atoms with E-state index < -0.39 is 11.7 Å². The van der Waals surface area contributed by atoms with Crippen LogP contribution in [-0.2, 0) is 11.3 Å². The van der Waals surface area contributed by atoms with Crippen molar-refractivity contribution in [1.29, 1.82) is 0 Å². The molecule has 0 spiro atoms. The molecule has 162 valence electrons. The molecule has 3 N–H and O–H groups in total. The molecule has 28 heavy (non-hydrogen) atoms. The van der Waals surface area contributed by atoms with Gasteiger partial charge in [-0.05, 0) is 40.0 Å². The lowest BCUT2D eigenvalue weighted by molar-refractivity contribution is 0.0527. The van der Waals surface area contributed by atoms with Gasteiger partial charge in [0.25, 0.3) is 0 Å². The summed E-state index contributed by atoms with van der Waals surface area (Å²) in [6.07, 6.45) is 2.46.